The number of carbonyl (C=O) groups excluding carboxylic acids is 1. The molecule has 1 N–H and O–H groups in total. The van der Waals surface area contributed by atoms with E-state index in [9.17, 15) is 23.1 Å². The predicted octanol–water partition coefficient (Wildman–Crippen LogP) is 6.39. The number of aliphatic hydroxyl groups excluding tert-OH is 1. The lowest BCUT2D eigenvalue weighted by Crippen LogP contribution is -2.36. The second kappa shape index (κ2) is 9.59. The highest BCUT2D eigenvalue weighted by molar-refractivity contribution is 6.30. The third-order valence-corrected chi connectivity index (χ3v) is 6.66. The average Bonchev–Trinajstić information content (AvgIpc) is 3.53. The quantitative estimate of drug-likeness (QED) is 0.404. The van der Waals surface area contributed by atoms with Crippen molar-refractivity contribution in [2.24, 2.45) is 5.41 Å². The molecule has 2 aromatic carbocycles. The summed E-state index contributed by atoms with van der Waals surface area (Å²) < 4.78 is 49.7. The molecule has 1 aliphatic carbocycles. The molecule has 0 saturated heterocycles. The molecule has 35 heavy (non-hydrogen) atoms. The van der Waals surface area contributed by atoms with Crippen LogP contribution in [-0.4, -0.2) is 40.9 Å². The lowest BCUT2D eigenvalue weighted by Gasteiger charge is -2.23. The van der Waals surface area contributed by atoms with Crippen LogP contribution in [0.3, 0.4) is 0 Å². The van der Waals surface area contributed by atoms with E-state index in [2.05, 4.69) is 0 Å². The third kappa shape index (κ3) is 5.33. The number of halogens is 4. The Balaban J connectivity index is 1.83. The first-order valence-electron chi connectivity index (χ1n) is 11.2. The zero-order chi connectivity index (χ0) is 25.4. The summed E-state index contributed by atoms with van der Waals surface area (Å²) in [5.41, 5.74) is -0.0514. The fraction of sp³-hybridized carbons (Fsp3) is 0.346. The van der Waals surface area contributed by atoms with Crippen molar-refractivity contribution >= 4 is 17.7 Å². The third-order valence-electron chi connectivity index (χ3n) is 6.40. The molecule has 0 unspecified atom stereocenters. The maximum absolute atomic E-state index is 14.3. The van der Waals surface area contributed by atoms with E-state index in [1.165, 1.54) is 18.9 Å². The van der Waals surface area contributed by atoms with Crippen LogP contribution in [0.15, 0.2) is 54.6 Å². The van der Waals surface area contributed by atoms with Gasteiger partial charge in [-0.1, -0.05) is 54.1 Å². The zero-order valence-corrected chi connectivity index (χ0v) is 20.2. The minimum absolute atomic E-state index is 0.0461. The number of hydrogen-bond acceptors (Lipinski definition) is 3. The van der Waals surface area contributed by atoms with Crippen LogP contribution in [0.4, 0.5) is 18.0 Å². The van der Waals surface area contributed by atoms with Crippen molar-refractivity contribution in [2.45, 2.75) is 32.5 Å². The van der Waals surface area contributed by atoms with Gasteiger partial charge < -0.3 is 19.3 Å². The fourth-order valence-corrected chi connectivity index (χ4v) is 4.46. The lowest BCUT2D eigenvalue weighted by atomic mass is 10.0. The fourth-order valence-electron chi connectivity index (χ4n) is 4.33. The predicted molar refractivity (Wildman–Crippen MR) is 128 cm³/mol. The number of aliphatic hydroxyl groups is 1. The summed E-state index contributed by atoms with van der Waals surface area (Å²) in [7, 11) is 1.52. The molecule has 186 valence electrons. The molecular weight excluding hydrogens is 481 g/mol. The molecule has 1 saturated carbocycles. The number of aromatic nitrogens is 1. The van der Waals surface area contributed by atoms with Gasteiger partial charge in [0.25, 0.3) is 0 Å². The minimum atomic E-state index is -4.69. The molecule has 0 aliphatic heterocycles. The van der Waals surface area contributed by atoms with Gasteiger partial charge in [-0.15, -0.1) is 0 Å². The van der Waals surface area contributed by atoms with Gasteiger partial charge in [0.1, 0.15) is 5.69 Å². The Hall–Kier alpha value is -2.97. The Bertz CT molecular complexity index is 1200. The molecule has 9 heteroatoms. The number of rotatable bonds is 7. The van der Waals surface area contributed by atoms with Gasteiger partial charge in [-0.05, 0) is 48.6 Å². The van der Waals surface area contributed by atoms with E-state index in [1.807, 2.05) is 0 Å². The molecule has 1 fully saturated rings. The van der Waals surface area contributed by atoms with Crippen LogP contribution >= 0.6 is 11.6 Å². The van der Waals surface area contributed by atoms with Gasteiger partial charge in [-0.25, -0.2) is 4.79 Å². The molecular formula is C26H26ClF3N2O3. The Morgan fingerprint density at radius 1 is 1.14 bits per heavy atom. The van der Waals surface area contributed by atoms with E-state index in [4.69, 9.17) is 16.3 Å². The van der Waals surface area contributed by atoms with Crippen LogP contribution in [0.2, 0.25) is 5.02 Å². The van der Waals surface area contributed by atoms with Crippen molar-refractivity contribution in [3.8, 4) is 17.0 Å². The van der Waals surface area contributed by atoms with E-state index in [1.54, 1.807) is 54.6 Å². The van der Waals surface area contributed by atoms with Gasteiger partial charge in [0.2, 0.25) is 5.88 Å². The van der Waals surface area contributed by atoms with E-state index in [0.717, 1.165) is 17.4 Å². The van der Waals surface area contributed by atoms with Crippen molar-refractivity contribution in [3.05, 3.63) is 76.4 Å². The first kappa shape index (κ1) is 25.1. The molecule has 0 spiro atoms. The van der Waals surface area contributed by atoms with Gasteiger partial charge in [-0.2, -0.15) is 13.2 Å². The largest absolute Gasteiger partial charge is 0.431 e. The zero-order valence-electron chi connectivity index (χ0n) is 19.4. The normalized spacial score (nSPS) is 14.6. The molecule has 1 amide bonds. The minimum Gasteiger partial charge on any atom is -0.396 e. The van der Waals surface area contributed by atoms with Crippen LogP contribution in [0.1, 0.15) is 29.7 Å². The van der Waals surface area contributed by atoms with Gasteiger partial charge in [0.05, 0.1) is 13.2 Å². The highest BCUT2D eigenvalue weighted by atomic mass is 35.5. The average molecular weight is 507 g/mol. The number of ether oxygens (including phenoxy) is 1. The Labute approximate surface area is 206 Å². The van der Waals surface area contributed by atoms with Crippen LogP contribution in [0, 0.1) is 12.3 Å². The smallest absolute Gasteiger partial charge is 0.396 e. The Morgan fingerprint density at radius 2 is 1.77 bits per heavy atom. The number of carbonyl (C=O) groups is 1. The van der Waals surface area contributed by atoms with Gasteiger partial charge in [-0.3, -0.25) is 0 Å². The van der Waals surface area contributed by atoms with Gasteiger partial charge in [0.15, 0.2) is 0 Å². The van der Waals surface area contributed by atoms with E-state index < -0.39 is 18.0 Å². The summed E-state index contributed by atoms with van der Waals surface area (Å²) in [4.78, 5) is 14.4. The maximum atomic E-state index is 14.3. The molecule has 5 nitrogen and oxygen atoms in total. The van der Waals surface area contributed by atoms with E-state index in [0.29, 0.717) is 16.1 Å². The SMILES string of the molecule is Cc1c(-c2ccc(Cl)cc2)c(OC(=O)N(C)CC2(CO)CC2)n(Cc2ccccc2)c1C(F)(F)F. The van der Waals surface area contributed by atoms with E-state index in [-0.39, 0.29) is 42.1 Å². The lowest BCUT2D eigenvalue weighted by molar-refractivity contribution is -0.144. The van der Waals surface area contributed by atoms with Crippen molar-refractivity contribution in [3.63, 3.8) is 0 Å². The van der Waals surface area contributed by atoms with Crippen molar-refractivity contribution < 1.29 is 27.8 Å². The number of alkyl halides is 3. The molecule has 4 rings (SSSR count). The second-order valence-corrected chi connectivity index (χ2v) is 9.55. The Morgan fingerprint density at radius 3 is 2.31 bits per heavy atom. The first-order valence-corrected chi connectivity index (χ1v) is 11.6. The van der Waals surface area contributed by atoms with Gasteiger partial charge in [0, 0.05) is 29.6 Å². The monoisotopic (exact) mass is 506 g/mol. The first-order chi connectivity index (χ1) is 16.5. The van der Waals surface area contributed by atoms with Crippen molar-refractivity contribution in [1.82, 2.24) is 9.47 Å². The summed E-state index contributed by atoms with van der Waals surface area (Å²) in [6.45, 7) is 1.42. The van der Waals surface area contributed by atoms with E-state index >= 15 is 0 Å². The van der Waals surface area contributed by atoms with Crippen LogP contribution in [-0.2, 0) is 12.7 Å². The van der Waals surface area contributed by atoms with Crippen LogP contribution < -0.4 is 4.74 Å². The molecule has 0 radical (unpaired) electrons. The number of hydrogen-bond donors (Lipinski definition) is 1. The van der Waals surface area contributed by atoms with Crippen molar-refractivity contribution in [1.29, 1.82) is 0 Å². The summed E-state index contributed by atoms with van der Waals surface area (Å²) >= 11 is 6.00. The number of nitrogens with zero attached hydrogens (tertiary/aromatic N) is 2. The molecule has 1 aliphatic rings. The van der Waals surface area contributed by atoms with Gasteiger partial charge >= 0.3 is 12.3 Å². The topological polar surface area (TPSA) is 54.7 Å². The Kier molecular flexibility index (Phi) is 6.88. The highest BCUT2D eigenvalue weighted by Crippen LogP contribution is 2.47. The summed E-state index contributed by atoms with van der Waals surface area (Å²) in [6, 6.07) is 15.0. The van der Waals surface area contributed by atoms with Crippen molar-refractivity contribution in [2.75, 3.05) is 20.2 Å². The molecule has 3 aromatic rings. The molecule has 1 heterocycles. The molecule has 1 aromatic heterocycles. The molecule has 0 bridgehead atoms. The van der Waals surface area contributed by atoms with Crippen LogP contribution in [0.5, 0.6) is 5.88 Å². The standard InChI is InChI=1S/C26H26ClF3N2O3/c1-17-21(19-8-10-20(27)11-9-19)23(35-24(34)31(2)15-25(16-33)12-13-25)32(22(17)26(28,29)30)14-18-6-4-3-5-7-18/h3-11,33H,12-16H2,1-2H3. The second-order valence-electron chi connectivity index (χ2n) is 9.11. The molecule has 0 atom stereocenters. The maximum Gasteiger partial charge on any atom is 0.431 e. The number of amides is 1. The van der Waals surface area contributed by atoms with Crippen LogP contribution in [0.25, 0.3) is 11.1 Å². The highest BCUT2D eigenvalue weighted by Gasteiger charge is 2.44. The summed E-state index contributed by atoms with van der Waals surface area (Å²) in [6.07, 6.45) is -3.93. The summed E-state index contributed by atoms with van der Waals surface area (Å²) in [5.74, 6) is -0.188. The summed E-state index contributed by atoms with van der Waals surface area (Å²) in [5, 5.41) is 10.0. The number of benzene rings is 2.